The molecule has 2 N–H and O–H groups in total. The van der Waals surface area contributed by atoms with Crippen LogP contribution >= 0.6 is 24.0 Å². The number of guanidine groups is 1. The molecule has 1 heterocycles. The molecule has 7 nitrogen and oxygen atoms in total. The first-order chi connectivity index (χ1) is 13.7. The number of nitrogens with zero attached hydrogens (tertiary/aromatic N) is 2. The van der Waals surface area contributed by atoms with Crippen LogP contribution in [0.2, 0.25) is 0 Å². The van der Waals surface area contributed by atoms with Crippen molar-refractivity contribution in [1.29, 1.82) is 0 Å². The smallest absolute Gasteiger partial charge is 0.309 e. The van der Waals surface area contributed by atoms with Gasteiger partial charge in [-0.3, -0.25) is 4.79 Å². The van der Waals surface area contributed by atoms with Crippen LogP contribution in [0.3, 0.4) is 0 Å². The molecule has 0 aliphatic carbocycles. The molecule has 29 heavy (non-hydrogen) atoms. The third-order valence-corrected chi connectivity index (χ3v) is 4.75. The van der Waals surface area contributed by atoms with Crippen molar-refractivity contribution in [2.24, 2.45) is 10.9 Å². The number of halogens is 1. The van der Waals surface area contributed by atoms with Crippen molar-refractivity contribution in [1.82, 2.24) is 10.2 Å². The number of nitrogens with one attached hydrogen (secondary N) is 2. The molecule has 1 aliphatic heterocycles. The van der Waals surface area contributed by atoms with E-state index >= 15 is 0 Å². The number of piperidine rings is 1. The summed E-state index contributed by atoms with van der Waals surface area (Å²) in [7, 11) is 1.70. The summed E-state index contributed by atoms with van der Waals surface area (Å²) in [5, 5.41) is 6.68. The Hall–Kier alpha value is -1.55. The minimum Gasteiger partial charge on any atom is -0.466 e. The van der Waals surface area contributed by atoms with E-state index in [1.807, 2.05) is 6.92 Å². The van der Waals surface area contributed by atoms with Crippen LogP contribution in [0.25, 0.3) is 0 Å². The molecule has 1 aromatic rings. The van der Waals surface area contributed by atoms with E-state index in [0.29, 0.717) is 19.8 Å². The highest BCUT2D eigenvalue weighted by molar-refractivity contribution is 14.0. The third-order valence-electron chi connectivity index (χ3n) is 4.75. The van der Waals surface area contributed by atoms with E-state index in [-0.39, 0.29) is 35.9 Å². The van der Waals surface area contributed by atoms with Crippen molar-refractivity contribution < 1.29 is 14.3 Å². The zero-order chi connectivity index (χ0) is 20.2. The standard InChI is InChI=1S/C21H34N4O3.HI/c1-4-22-21(25-13-10-18(11-14-25)20(26)28-5-2)24-16-17-6-8-19(9-7-17)23-12-15-27-3;/h6-9,18,23H,4-5,10-16H2,1-3H3,(H,22,24);1H. The van der Waals surface area contributed by atoms with Gasteiger partial charge in [0.1, 0.15) is 0 Å². The van der Waals surface area contributed by atoms with Gasteiger partial charge in [-0.25, -0.2) is 4.99 Å². The lowest BCUT2D eigenvalue weighted by molar-refractivity contribution is -0.149. The monoisotopic (exact) mass is 518 g/mol. The molecule has 1 saturated heterocycles. The van der Waals surface area contributed by atoms with E-state index in [1.165, 1.54) is 0 Å². The van der Waals surface area contributed by atoms with E-state index in [2.05, 4.69) is 46.7 Å². The number of aliphatic imine (C=N–C) groups is 1. The number of anilines is 1. The summed E-state index contributed by atoms with van der Waals surface area (Å²) in [6, 6.07) is 8.32. The van der Waals surface area contributed by atoms with Crippen LogP contribution in [-0.2, 0) is 20.8 Å². The lowest BCUT2D eigenvalue weighted by Gasteiger charge is -2.33. The Kier molecular flexibility index (Phi) is 12.7. The topological polar surface area (TPSA) is 75.2 Å². The Balaban J connectivity index is 0.00000420. The van der Waals surface area contributed by atoms with Gasteiger partial charge in [0.25, 0.3) is 0 Å². The van der Waals surface area contributed by atoms with Crippen molar-refractivity contribution >= 4 is 41.6 Å². The van der Waals surface area contributed by atoms with Gasteiger partial charge in [0, 0.05) is 39.0 Å². The molecule has 1 aliphatic rings. The summed E-state index contributed by atoms with van der Waals surface area (Å²) in [6.07, 6.45) is 1.62. The minimum absolute atomic E-state index is 0. The number of rotatable bonds is 9. The van der Waals surface area contributed by atoms with Gasteiger partial charge in [-0.2, -0.15) is 0 Å². The third kappa shape index (κ3) is 8.77. The Bertz CT molecular complexity index is 617. The molecule has 164 valence electrons. The van der Waals surface area contributed by atoms with E-state index in [9.17, 15) is 4.79 Å². The van der Waals surface area contributed by atoms with Crippen molar-refractivity contribution in [3.05, 3.63) is 29.8 Å². The molecular weight excluding hydrogens is 483 g/mol. The minimum atomic E-state index is -0.0664. The number of esters is 1. The van der Waals surface area contributed by atoms with E-state index in [0.717, 1.165) is 56.2 Å². The Morgan fingerprint density at radius 3 is 2.48 bits per heavy atom. The van der Waals surface area contributed by atoms with Crippen LogP contribution < -0.4 is 10.6 Å². The molecule has 1 fully saturated rings. The number of likely N-dealkylation sites (tertiary alicyclic amines) is 1. The zero-order valence-corrected chi connectivity index (χ0v) is 20.1. The lowest BCUT2D eigenvalue weighted by atomic mass is 9.97. The number of ether oxygens (including phenoxy) is 2. The molecule has 0 spiro atoms. The van der Waals surface area contributed by atoms with Crippen molar-refractivity contribution in [2.75, 3.05) is 51.8 Å². The summed E-state index contributed by atoms with van der Waals surface area (Å²) in [4.78, 5) is 19.0. The molecule has 8 heteroatoms. The summed E-state index contributed by atoms with van der Waals surface area (Å²) < 4.78 is 10.2. The maximum atomic E-state index is 11.9. The van der Waals surface area contributed by atoms with Gasteiger partial charge in [-0.15, -0.1) is 24.0 Å². The molecule has 1 aromatic carbocycles. The van der Waals surface area contributed by atoms with Gasteiger partial charge in [-0.1, -0.05) is 12.1 Å². The highest BCUT2D eigenvalue weighted by atomic mass is 127. The van der Waals surface area contributed by atoms with Gasteiger partial charge in [0.2, 0.25) is 0 Å². The Morgan fingerprint density at radius 1 is 1.21 bits per heavy atom. The Morgan fingerprint density at radius 2 is 1.90 bits per heavy atom. The van der Waals surface area contributed by atoms with E-state index in [1.54, 1.807) is 7.11 Å². The number of hydrogen-bond donors (Lipinski definition) is 2. The van der Waals surface area contributed by atoms with Gasteiger partial charge in [0.05, 0.1) is 25.7 Å². The van der Waals surface area contributed by atoms with Crippen LogP contribution in [0, 0.1) is 5.92 Å². The zero-order valence-electron chi connectivity index (χ0n) is 17.8. The quantitative estimate of drug-likeness (QED) is 0.172. The molecular formula is C21H35IN4O3. The SMILES string of the molecule is CCNC(=NCc1ccc(NCCOC)cc1)N1CCC(C(=O)OCC)CC1.I. The molecule has 0 saturated carbocycles. The molecule has 0 unspecified atom stereocenters. The summed E-state index contributed by atoms with van der Waals surface area (Å²) in [5.74, 6) is 0.854. The lowest BCUT2D eigenvalue weighted by Crippen LogP contribution is -2.46. The summed E-state index contributed by atoms with van der Waals surface area (Å²) in [6.45, 7) is 8.93. The molecule has 0 bridgehead atoms. The average molecular weight is 518 g/mol. The second-order valence-electron chi connectivity index (χ2n) is 6.80. The van der Waals surface area contributed by atoms with Crippen LogP contribution in [0.15, 0.2) is 29.3 Å². The number of benzene rings is 1. The second kappa shape index (κ2) is 14.4. The predicted molar refractivity (Wildman–Crippen MR) is 128 cm³/mol. The first-order valence-corrected chi connectivity index (χ1v) is 10.2. The molecule has 0 aromatic heterocycles. The molecule has 0 radical (unpaired) electrons. The largest absolute Gasteiger partial charge is 0.466 e. The van der Waals surface area contributed by atoms with Gasteiger partial charge in [0.15, 0.2) is 5.96 Å². The van der Waals surface area contributed by atoms with Crippen LogP contribution in [0.4, 0.5) is 5.69 Å². The van der Waals surface area contributed by atoms with Gasteiger partial charge >= 0.3 is 5.97 Å². The summed E-state index contributed by atoms with van der Waals surface area (Å²) >= 11 is 0. The van der Waals surface area contributed by atoms with E-state index in [4.69, 9.17) is 14.5 Å². The van der Waals surface area contributed by atoms with Crippen molar-refractivity contribution in [3.63, 3.8) is 0 Å². The number of carbonyl (C=O) groups excluding carboxylic acids is 1. The molecule has 0 amide bonds. The van der Waals surface area contributed by atoms with Crippen LogP contribution in [0.1, 0.15) is 32.3 Å². The number of methoxy groups -OCH3 is 1. The molecule has 0 atom stereocenters. The molecule has 2 rings (SSSR count). The Labute approximate surface area is 191 Å². The predicted octanol–water partition coefficient (Wildman–Crippen LogP) is 3.10. The van der Waals surface area contributed by atoms with Gasteiger partial charge < -0.3 is 25.0 Å². The fourth-order valence-electron chi connectivity index (χ4n) is 3.20. The van der Waals surface area contributed by atoms with Crippen LogP contribution in [0.5, 0.6) is 0 Å². The highest BCUT2D eigenvalue weighted by Gasteiger charge is 2.27. The second-order valence-corrected chi connectivity index (χ2v) is 6.80. The fourth-order valence-corrected chi connectivity index (χ4v) is 3.20. The number of hydrogen-bond acceptors (Lipinski definition) is 5. The maximum Gasteiger partial charge on any atom is 0.309 e. The first-order valence-electron chi connectivity index (χ1n) is 10.2. The first kappa shape index (κ1) is 25.5. The highest BCUT2D eigenvalue weighted by Crippen LogP contribution is 2.19. The number of carbonyl (C=O) groups is 1. The average Bonchev–Trinajstić information content (AvgIpc) is 2.72. The van der Waals surface area contributed by atoms with Crippen LogP contribution in [-0.4, -0.2) is 63.3 Å². The fraction of sp³-hybridized carbons (Fsp3) is 0.619. The van der Waals surface area contributed by atoms with Gasteiger partial charge in [-0.05, 0) is 44.4 Å². The summed E-state index contributed by atoms with van der Waals surface area (Å²) in [5.41, 5.74) is 2.24. The van der Waals surface area contributed by atoms with Crippen molar-refractivity contribution in [2.45, 2.75) is 33.2 Å². The van der Waals surface area contributed by atoms with E-state index < -0.39 is 0 Å². The van der Waals surface area contributed by atoms with Crippen molar-refractivity contribution in [3.8, 4) is 0 Å². The maximum absolute atomic E-state index is 11.9. The normalized spacial score (nSPS) is 14.9.